The van der Waals surface area contributed by atoms with Gasteiger partial charge in [-0.05, 0) is 97.1 Å². The minimum absolute atomic E-state index is 0.201. The Labute approximate surface area is 276 Å². The van der Waals surface area contributed by atoms with E-state index in [1.165, 1.54) is 71.1 Å². The molecule has 6 aromatic rings. The average Bonchev–Trinajstić information content (AvgIpc) is 3.34. The number of hydrogen-bond acceptors (Lipinski definition) is 1. The third-order valence-corrected chi connectivity index (χ3v) is 10.5. The van der Waals surface area contributed by atoms with Crippen LogP contribution in [0.4, 0.5) is 0 Å². The number of aliphatic imine (C=N–C) groups is 1. The summed E-state index contributed by atoms with van der Waals surface area (Å²) in [6, 6.07) is 45.2. The predicted molar refractivity (Wildman–Crippen MR) is 200 cm³/mol. The third kappa shape index (κ3) is 4.98. The quantitative estimate of drug-likeness (QED) is 0.190. The fourth-order valence-corrected chi connectivity index (χ4v) is 8.21. The minimum Gasteiger partial charge on any atom is -0.280 e. The summed E-state index contributed by atoms with van der Waals surface area (Å²) in [5, 5.41) is 7.91. The highest BCUT2D eigenvalue weighted by Crippen LogP contribution is 2.37. The highest BCUT2D eigenvalue weighted by molar-refractivity contribution is 6.08. The van der Waals surface area contributed by atoms with E-state index in [-0.39, 0.29) is 12.0 Å². The van der Waals surface area contributed by atoms with E-state index in [0.717, 1.165) is 25.7 Å². The first-order valence-corrected chi connectivity index (χ1v) is 17.1. The SMILES string of the molecule is C1=CC2CCC(c3ccccc3)C(c3ccc(-c4c5c(c(-c6ccc7ccccc7c6)c6ccccc46)=CCCC=5)cc3)=NC2C=C1. The molecule has 0 bridgehead atoms. The number of allylic oxidation sites excluding steroid dienone is 2. The molecule has 1 aliphatic heterocycles. The molecule has 3 atom stereocenters. The molecule has 0 saturated carbocycles. The van der Waals surface area contributed by atoms with Gasteiger partial charge in [-0.25, -0.2) is 0 Å². The predicted octanol–water partition coefficient (Wildman–Crippen LogP) is 10.2. The van der Waals surface area contributed by atoms with E-state index in [2.05, 4.69) is 158 Å². The first kappa shape index (κ1) is 28.0. The van der Waals surface area contributed by atoms with E-state index in [4.69, 9.17) is 4.99 Å². The van der Waals surface area contributed by atoms with Crippen LogP contribution in [0.3, 0.4) is 0 Å². The summed E-state index contributed by atoms with van der Waals surface area (Å²) in [6.07, 6.45) is 18.3. The largest absolute Gasteiger partial charge is 0.280 e. The Kier molecular flexibility index (Phi) is 7.04. The molecule has 1 nitrogen and oxygen atoms in total. The first-order valence-electron chi connectivity index (χ1n) is 17.1. The molecule has 226 valence electrons. The molecule has 0 aromatic heterocycles. The Morgan fingerprint density at radius 1 is 0.511 bits per heavy atom. The lowest BCUT2D eigenvalue weighted by molar-refractivity contribution is 0.520. The molecule has 0 spiro atoms. The van der Waals surface area contributed by atoms with E-state index < -0.39 is 0 Å². The van der Waals surface area contributed by atoms with E-state index >= 15 is 0 Å². The van der Waals surface area contributed by atoms with Crippen LogP contribution in [0.2, 0.25) is 0 Å². The van der Waals surface area contributed by atoms with Crippen molar-refractivity contribution in [1.82, 2.24) is 0 Å². The molecule has 3 aliphatic rings. The molecule has 1 heteroatoms. The molecule has 1 heterocycles. The van der Waals surface area contributed by atoms with Crippen LogP contribution >= 0.6 is 0 Å². The minimum atomic E-state index is 0.201. The Balaban J connectivity index is 1.20. The summed E-state index contributed by atoms with van der Waals surface area (Å²) in [5.41, 5.74) is 9.04. The second kappa shape index (κ2) is 11.8. The monoisotopic (exact) mass is 603 g/mol. The lowest BCUT2D eigenvalue weighted by Crippen LogP contribution is -2.31. The average molecular weight is 604 g/mol. The zero-order valence-corrected chi connectivity index (χ0v) is 26.5. The summed E-state index contributed by atoms with van der Waals surface area (Å²) in [5.74, 6) is 0.751. The molecular formula is C46H37N. The molecule has 0 fully saturated rings. The van der Waals surface area contributed by atoms with Crippen molar-refractivity contribution in [3.8, 4) is 22.3 Å². The smallest absolute Gasteiger partial charge is 0.0749 e. The van der Waals surface area contributed by atoms with Gasteiger partial charge in [-0.3, -0.25) is 4.99 Å². The molecule has 0 amide bonds. The van der Waals surface area contributed by atoms with Gasteiger partial charge in [-0.15, -0.1) is 0 Å². The van der Waals surface area contributed by atoms with Crippen LogP contribution < -0.4 is 10.4 Å². The summed E-state index contributed by atoms with van der Waals surface area (Å²) in [6.45, 7) is 0. The van der Waals surface area contributed by atoms with Gasteiger partial charge >= 0.3 is 0 Å². The van der Waals surface area contributed by atoms with Crippen LogP contribution in [0.25, 0.3) is 56.0 Å². The van der Waals surface area contributed by atoms with Crippen molar-refractivity contribution in [1.29, 1.82) is 0 Å². The van der Waals surface area contributed by atoms with Crippen molar-refractivity contribution in [2.45, 2.75) is 37.6 Å². The number of rotatable bonds is 4. The van der Waals surface area contributed by atoms with Crippen LogP contribution in [-0.2, 0) is 0 Å². The lowest BCUT2D eigenvalue weighted by atomic mass is 9.83. The zero-order valence-electron chi connectivity index (χ0n) is 26.5. The van der Waals surface area contributed by atoms with Crippen molar-refractivity contribution < 1.29 is 0 Å². The van der Waals surface area contributed by atoms with E-state index in [1.54, 1.807) is 0 Å². The van der Waals surface area contributed by atoms with Gasteiger partial charge in [0.05, 0.1) is 11.8 Å². The second-order valence-corrected chi connectivity index (χ2v) is 13.2. The van der Waals surface area contributed by atoms with Gasteiger partial charge in [0, 0.05) is 11.8 Å². The second-order valence-electron chi connectivity index (χ2n) is 13.2. The fourth-order valence-electron chi connectivity index (χ4n) is 8.21. The molecular weight excluding hydrogens is 567 g/mol. The standard InChI is InChI=1S/C46H37N/c1-2-13-32(14-3-1)38-29-28-33-15-6-11-21-43(33)47-46(38)35-25-23-34(24-26-35)44-39-17-7-9-19-41(39)45(42-20-10-8-18-40(42)44)37-27-22-31-12-4-5-16-36(31)30-37/h1-7,9,11-27,30,33,38,43H,8,10,28-29H2. The molecule has 6 aromatic carbocycles. The van der Waals surface area contributed by atoms with Crippen LogP contribution in [0.5, 0.6) is 0 Å². The normalized spacial score (nSPS) is 20.1. The molecule has 2 aliphatic carbocycles. The fraction of sp³-hybridized carbons (Fsp3) is 0.152. The van der Waals surface area contributed by atoms with Crippen molar-refractivity contribution in [2.24, 2.45) is 10.9 Å². The summed E-state index contributed by atoms with van der Waals surface area (Å²) in [7, 11) is 0. The van der Waals surface area contributed by atoms with Gasteiger partial charge in [0.2, 0.25) is 0 Å². The molecule has 9 rings (SSSR count). The van der Waals surface area contributed by atoms with Crippen molar-refractivity contribution in [2.75, 3.05) is 0 Å². The Bertz CT molecular complexity index is 2360. The molecule has 0 saturated heterocycles. The van der Waals surface area contributed by atoms with Gasteiger partial charge in [-0.1, -0.05) is 152 Å². The van der Waals surface area contributed by atoms with Crippen molar-refractivity contribution in [3.63, 3.8) is 0 Å². The molecule has 0 N–H and O–H groups in total. The van der Waals surface area contributed by atoms with Crippen molar-refractivity contribution >= 4 is 39.4 Å². The third-order valence-electron chi connectivity index (χ3n) is 10.5. The maximum Gasteiger partial charge on any atom is 0.0749 e. The first-order chi connectivity index (χ1) is 23.3. The van der Waals surface area contributed by atoms with Gasteiger partial charge in [0.25, 0.3) is 0 Å². The summed E-state index contributed by atoms with van der Waals surface area (Å²) >= 11 is 0. The van der Waals surface area contributed by atoms with Crippen LogP contribution in [0, 0.1) is 5.92 Å². The van der Waals surface area contributed by atoms with E-state index in [0.29, 0.717) is 5.92 Å². The van der Waals surface area contributed by atoms with Crippen molar-refractivity contribution in [3.05, 3.63) is 167 Å². The maximum atomic E-state index is 5.48. The number of benzene rings is 6. The van der Waals surface area contributed by atoms with Crippen LogP contribution in [0.15, 0.2) is 151 Å². The number of nitrogens with zero attached hydrogens (tertiary/aromatic N) is 1. The summed E-state index contributed by atoms with van der Waals surface area (Å²) in [4.78, 5) is 5.48. The zero-order chi connectivity index (χ0) is 31.2. The highest BCUT2D eigenvalue weighted by atomic mass is 14.8. The topological polar surface area (TPSA) is 12.4 Å². The van der Waals surface area contributed by atoms with E-state index in [1.807, 2.05) is 0 Å². The van der Waals surface area contributed by atoms with Crippen LogP contribution in [-0.4, -0.2) is 11.8 Å². The van der Waals surface area contributed by atoms with Gasteiger partial charge < -0.3 is 0 Å². The Morgan fingerprint density at radius 2 is 1.13 bits per heavy atom. The van der Waals surface area contributed by atoms with Gasteiger partial charge in [0.15, 0.2) is 0 Å². The Morgan fingerprint density at radius 3 is 1.89 bits per heavy atom. The van der Waals surface area contributed by atoms with Crippen LogP contribution in [0.1, 0.15) is 42.7 Å². The van der Waals surface area contributed by atoms with E-state index in [9.17, 15) is 0 Å². The lowest BCUT2D eigenvalue weighted by Gasteiger charge is -2.20. The Hall–Kier alpha value is -5.27. The van der Waals surface area contributed by atoms with Gasteiger partial charge in [0.1, 0.15) is 0 Å². The molecule has 0 radical (unpaired) electrons. The highest BCUT2D eigenvalue weighted by Gasteiger charge is 2.29. The van der Waals surface area contributed by atoms with Gasteiger partial charge in [-0.2, -0.15) is 0 Å². The molecule has 47 heavy (non-hydrogen) atoms. The number of fused-ring (bicyclic) bond motifs is 4. The summed E-state index contributed by atoms with van der Waals surface area (Å²) < 4.78 is 0. The number of hydrogen-bond donors (Lipinski definition) is 0. The molecule has 3 unspecified atom stereocenters. The maximum absolute atomic E-state index is 5.48.